The zero-order valence-electron chi connectivity index (χ0n) is 9.68. The number of aromatic nitrogens is 1. The molecule has 0 bridgehead atoms. The Morgan fingerprint density at radius 1 is 1.50 bits per heavy atom. The molecular formula is C10H13ClF2N2O2S. The molecule has 4 nitrogen and oxygen atoms in total. The van der Waals surface area contributed by atoms with Crippen LogP contribution in [0.25, 0.3) is 0 Å². The van der Waals surface area contributed by atoms with Gasteiger partial charge in [0.2, 0.25) is 0 Å². The molecule has 0 aromatic carbocycles. The Morgan fingerprint density at radius 3 is 2.67 bits per heavy atom. The van der Waals surface area contributed by atoms with Crippen LogP contribution in [0.2, 0.25) is 0 Å². The molecule has 0 amide bonds. The second-order valence-electron chi connectivity index (χ2n) is 3.62. The summed E-state index contributed by atoms with van der Waals surface area (Å²) < 4.78 is 48.0. The first-order valence-electron chi connectivity index (χ1n) is 5.10. The van der Waals surface area contributed by atoms with Crippen LogP contribution in [0.4, 0.5) is 14.6 Å². The van der Waals surface area contributed by atoms with Gasteiger partial charge < -0.3 is 4.90 Å². The van der Waals surface area contributed by atoms with E-state index in [-0.39, 0.29) is 23.1 Å². The number of nitrogens with zero attached hydrogens (tertiary/aromatic N) is 2. The van der Waals surface area contributed by atoms with E-state index in [9.17, 15) is 17.2 Å². The van der Waals surface area contributed by atoms with Crippen LogP contribution < -0.4 is 4.90 Å². The number of rotatable bonds is 6. The minimum Gasteiger partial charge on any atom is -0.349 e. The van der Waals surface area contributed by atoms with Crippen LogP contribution in [0.1, 0.15) is 0 Å². The van der Waals surface area contributed by atoms with E-state index in [1.165, 1.54) is 23.2 Å². The molecule has 0 aliphatic carbocycles. The summed E-state index contributed by atoms with van der Waals surface area (Å²) >= 11 is 5.53. The fourth-order valence-electron chi connectivity index (χ4n) is 1.46. The van der Waals surface area contributed by atoms with Crippen molar-refractivity contribution >= 4 is 27.3 Å². The van der Waals surface area contributed by atoms with E-state index in [0.29, 0.717) is 0 Å². The van der Waals surface area contributed by atoms with Gasteiger partial charge in [-0.05, 0) is 12.1 Å². The molecule has 0 aliphatic heterocycles. The molecule has 8 heteroatoms. The largest absolute Gasteiger partial charge is 0.349 e. The predicted octanol–water partition coefficient (Wildman–Crippen LogP) is 1.80. The Labute approximate surface area is 109 Å². The normalized spacial score (nSPS) is 11.8. The van der Waals surface area contributed by atoms with Gasteiger partial charge in [0.25, 0.3) is 6.43 Å². The lowest BCUT2D eigenvalue weighted by Gasteiger charge is -2.23. The summed E-state index contributed by atoms with van der Waals surface area (Å²) in [5.74, 6) is 0.118. The molecule has 18 heavy (non-hydrogen) atoms. The van der Waals surface area contributed by atoms with Crippen molar-refractivity contribution in [2.75, 3.05) is 30.1 Å². The number of halogens is 3. The molecule has 0 aliphatic rings. The number of anilines is 1. The lowest BCUT2D eigenvalue weighted by Crippen LogP contribution is -2.32. The van der Waals surface area contributed by atoms with Gasteiger partial charge in [-0.15, -0.1) is 11.6 Å². The van der Waals surface area contributed by atoms with Crippen molar-refractivity contribution in [2.45, 2.75) is 11.3 Å². The predicted molar refractivity (Wildman–Crippen MR) is 66.3 cm³/mol. The lowest BCUT2D eigenvalue weighted by molar-refractivity contribution is 0.155. The van der Waals surface area contributed by atoms with Crippen molar-refractivity contribution in [3.63, 3.8) is 0 Å². The average Bonchev–Trinajstić information content (AvgIpc) is 2.27. The second-order valence-corrected chi connectivity index (χ2v) is 5.99. The van der Waals surface area contributed by atoms with Crippen molar-refractivity contribution in [1.82, 2.24) is 4.98 Å². The molecule has 102 valence electrons. The number of alkyl halides is 3. The van der Waals surface area contributed by atoms with Crippen molar-refractivity contribution in [2.24, 2.45) is 0 Å². The number of hydrogen-bond donors (Lipinski definition) is 0. The third-order valence-corrected chi connectivity index (χ3v) is 3.45. The van der Waals surface area contributed by atoms with Crippen LogP contribution in [0.3, 0.4) is 0 Å². The molecule has 1 rings (SSSR count). The smallest absolute Gasteiger partial charge is 0.255 e. The summed E-state index contributed by atoms with van der Waals surface area (Å²) in [4.78, 5) is 4.97. The van der Waals surface area contributed by atoms with E-state index >= 15 is 0 Å². The van der Waals surface area contributed by atoms with Gasteiger partial charge in [-0.1, -0.05) is 0 Å². The van der Waals surface area contributed by atoms with Gasteiger partial charge in [0.1, 0.15) is 10.7 Å². The summed E-state index contributed by atoms with van der Waals surface area (Å²) in [6.45, 7) is -0.502. The molecule has 0 radical (unpaired) electrons. The lowest BCUT2D eigenvalue weighted by atomic mass is 10.4. The van der Waals surface area contributed by atoms with Crippen molar-refractivity contribution in [1.29, 1.82) is 0 Å². The fourth-order valence-corrected chi connectivity index (χ4v) is 2.50. The minimum atomic E-state index is -3.52. The topological polar surface area (TPSA) is 50.3 Å². The van der Waals surface area contributed by atoms with E-state index in [4.69, 9.17) is 11.6 Å². The van der Waals surface area contributed by atoms with Crippen LogP contribution in [0.5, 0.6) is 0 Å². The molecule has 1 aromatic heterocycles. The van der Waals surface area contributed by atoms with Gasteiger partial charge in [-0.2, -0.15) is 0 Å². The van der Waals surface area contributed by atoms with Crippen molar-refractivity contribution in [3.05, 3.63) is 18.3 Å². The highest BCUT2D eigenvalue weighted by molar-refractivity contribution is 7.90. The molecule has 0 saturated carbocycles. The van der Waals surface area contributed by atoms with Crippen molar-refractivity contribution < 1.29 is 17.2 Å². The Balaban J connectivity index is 3.19. The summed E-state index contributed by atoms with van der Waals surface area (Å²) in [7, 11) is -3.52. The van der Waals surface area contributed by atoms with Gasteiger partial charge in [0.05, 0.1) is 6.54 Å². The summed E-state index contributed by atoms with van der Waals surface area (Å²) in [6.07, 6.45) is -0.228. The number of hydrogen-bond acceptors (Lipinski definition) is 4. The van der Waals surface area contributed by atoms with Crippen LogP contribution in [-0.4, -0.2) is 45.1 Å². The van der Waals surface area contributed by atoms with Gasteiger partial charge in [-0.25, -0.2) is 22.2 Å². The van der Waals surface area contributed by atoms with Crippen LogP contribution in [0, 0.1) is 0 Å². The summed E-state index contributed by atoms with van der Waals surface area (Å²) in [5, 5.41) is 0. The third-order valence-electron chi connectivity index (χ3n) is 2.16. The van der Waals surface area contributed by atoms with Gasteiger partial charge in [-0.3, -0.25) is 0 Å². The maximum absolute atomic E-state index is 12.5. The second kappa shape index (κ2) is 6.29. The average molecular weight is 299 g/mol. The quantitative estimate of drug-likeness (QED) is 0.752. The molecule has 0 saturated heterocycles. The van der Waals surface area contributed by atoms with E-state index in [1.807, 2.05) is 0 Å². The Hall–Kier alpha value is -0.950. The monoisotopic (exact) mass is 298 g/mol. The van der Waals surface area contributed by atoms with E-state index in [1.54, 1.807) is 0 Å². The molecule has 1 aromatic rings. The molecule has 0 spiro atoms. The van der Waals surface area contributed by atoms with Crippen LogP contribution >= 0.6 is 11.6 Å². The maximum atomic E-state index is 12.5. The minimum absolute atomic E-state index is 0.0148. The maximum Gasteiger partial charge on any atom is 0.255 e. The molecule has 0 N–H and O–H groups in total. The van der Waals surface area contributed by atoms with E-state index in [0.717, 1.165) is 6.26 Å². The van der Waals surface area contributed by atoms with E-state index in [2.05, 4.69) is 4.98 Å². The Morgan fingerprint density at radius 2 is 2.17 bits per heavy atom. The van der Waals surface area contributed by atoms with Crippen LogP contribution in [-0.2, 0) is 9.84 Å². The summed E-state index contributed by atoms with van der Waals surface area (Å²) in [6, 6.07) is 2.78. The van der Waals surface area contributed by atoms with Crippen LogP contribution in [0.15, 0.2) is 23.2 Å². The standard InChI is InChI=1S/C10H13ClF2N2O2S/c1-18(16,17)8-3-2-5-14-10(8)15(6-4-11)7-9(12)13/h2-3,5,9H,4,6-7H2,1H3. The first kappa shape index (κ1) is 15.1. The molecule has 0 atom stereocenters. The van der Waals surface area contributed by atoms with E-state index < -0.39 is 22.8 Å². The highest BCUT2D eigenvalue weighted by atomic mass is 35.5. The zero-order chi connectivity index (χ0) is 13.8. The zero-order valence-corrected chi connectivity index (χ0v) is 11.3. The molecular weight excluding hydrogens is 286 g/mol. The third kappa shape index (κ3) is 4.06. The summed E-state index contributed by atoms with van der Waals surface area (Å²) in [5.41, 5.74) is 0. The fraction of sp³-hybridized carbons (Fsp3) is 0.500. The van der Waals surface area contributed by atoms with Gasteiger partial charge in [0, 0.05) is 24.9 Å². The Bertz CT molecular complexity index is 496. The number of pyridine rings is 1. The van der Waals surface area contributed by atoms with Gasteiger partial charge in [0.15, 0.2) is 9.84 Å². The Kier molecular flexibility index (Phi) is 5.28. The van der Waals surface area contributed by atoms with Gasteiger partial charge >= 0.3 is 0 Å². The highest BCUT2D eigenvalue weighted by Gasteiger charge is 2.21. The number of sulfone groups is 1. The SMILES string of the molecule is CS(=O)(=O)c1cccnc1N(CCCl)CC(F)F. The molecule has 0 unspecified atom stereocenters. The first-order valence-corrected chi connectivity index (χ1v) is 7.53. The molecule has 1 heterocycles. The van der Waals surface area contributed by atoms with Crippen molar-refractivity contribution in [3.8, 4) is 0 Å². The highest BCUT2D eigenvalue weighted by Crippen LogP contribution is 2.22. The molecule has 0 fully saturated rings. The first-order chi connectivity index (χ1) is 8.36.